The third-order valence-electron chi connectivity index (χ3n) is 3.67. The zero-order valence-electron chi connectivity index (χ0n) is 14.9. The zero-order chi connectivity index (χ0) is 19.0. The van der Waals surface area contributed by atoms with Crippen LogP contribution in [-0.4, -0.2) is 34.1 Å². The monoisotopic (exact) mass is 377 g/mol. The van der Waals surface area contributed by atoms with Crippen molar-refractivity contribution in [3.63, 3.8) is 0 Å². The normalized spacial score (nSPS) is 11.2. The minimum Gasteiger partial charge on any atom is -0.482 e. The van der Waals surface area contributed by atoms with Crippen LogP contribution in [0, 0.1) is 6.92 Å². The van der Waals surface area contributed by atoms with Crippen LogP contribution in [0.15, 0.2) is 53.4 Å². The number of carbonyl (C=O) groups excluding carboxylic acids is 1. The van der Waals surface area contributed by atoms with E-state index < -0.39 is 16.0 Å². The largest absolute Gasteiger partial charge is 0.482 e. The number of carbonyl (C=O) groups is 1. The molecule has 0 aromatic heterocycles. The Kier molecular flexibility index (Phi) is 7.17. The lowest BCUT2D eigenvalue weighted by atomic mass is 10.1. The Balaban J connectivity index is 1.84. The minimum atomic E-state index is -3.52. The van der Waals surface area contributed by atoms with E-state index in [1.165, 1.54) is 0 Å². The third-order valence-corrected chi connectivity index (χ3v) is 5.30. The first-order chi connectivity index (χ1) is 12.4. The summed E-state index contributed by atoms with van der Waals surface area (Å²) in [5, 5.41) is 0. The van der Waals surface area contributed by atoms with E-state index in [9.17, 15) is 13.2 Å². The molecule has 0 aliphatic heterocycles. The van der Waals surface area contributed by atoms with Gasteiger partial charge in [-0.15, -0.1) is 0 Å². The number of hydrogen-bond acceptors (Lipinski definition) is 5. The number of ether oxygens (including phenoxy) is 2. The molecule has 0 radical (unpaired) electrons. The molecule has 0 spiro atoms. The summed E-state index contributed by atoms with van der Waals surface area (Å²) >= 11 is 0. The lowest BCUT2D eigenvalue weighted by Gasteiger charge is -2.10. The summed E-state index contributed by atoms with van der Waals surface area (Å²) in [7, 11) is -3.52. The molecule has 0 unspecified atom stereocenters. The van der Waals surface area contributed by atoms with Gasteiger partial charge in [0.15, 0.2) is 6.61 Å². The SMILES string of the molecule is CCOC(=O)COc1ccc(CCNS(=O)(=O)c2ccccc2C)cc1. The highest BCUT2D eigenvalue weighted by Crippen LogP contribution is 2.15. The summed E-state index contributed by atoms with van der Waals surface area (Å²) < 4.78 is 37.4. The van der Waals surface area contributed by atoms with Crippen LogP contribution >= 0.6 is 0 Å². The predicted octanol–water partition coefficient (Wildman–Crippen LogP) is 2.46. The molecule has 2 aromatic carbocycles. The first-order valence-electron chi connectivity index (χ1n) is 8.35. The molecule has 0 heterocycles. The molecule has 7 heteroatoms. The predicted molar refractivity (Wildman–Crippen MR) is 98.6 cm³/mol. The molecule has 2 rings (SSSR count). The number of benzene rings is 2. The van der Waals surface area contributed by atoms with Crippen LogP contribution in [0.4, 0.5) is 0 Å². The fourth-order valence-corrected chi connectivity index (χ4v) is 3.64. The lowest BCUT2D eigenvalue weighted by Crippen LogP contribution is -2.26. The average molecular weight is 377 g/mol. The standard InChI is InChI=1S/C19H23NO5S/c1-3-24-19(21)14-25-17-10-8-16(9-11-17)12-13-20-26(22,23)18-7-5-4-6-15(18)2/h4-11,20H,3,12-14H2,1-2H3. The van der Waals surface area contributed by atoms with Gasteiger partial charge >= 0.3 is 5.97 Å². The van der Waals surface area contributed by atoms with Gasteiger partial charge in [0.25, 0.3) is 0 Å². The maximum atomic E-state index is 12.3. The van der Waals surface area contributed by atoms with E-state index in [-0.39, 0.29) is 6.61 Å². The Morgan fingerprint density at radius 2 is 1.77 bits per heavy atom. The maximum absolute atomic E-state index is 12.3. The van der Waals surface area contributed by atoms with E-state index in [1.807, 2.05) is 12.1 Å². The van der Waals surface area contributed by atoms with Gasteiger partial charge in [-0.3, -0.25) is 0 Å². The fourth-order valence-electron chi connectivity index (χ4n) is 2.36. The second kappa shape index (κ2) is 9.35. The molecule has 2 aromatic rings. The van der Waals surface area contributed by atoms with Crippen LogP contribution in [0.5, 0.6) is 5.75 Å². The molecule has 0 bridgehead atoms. The highest BCUT2D eigenvalue weighted by atomic mass is 32.2. The van der Waals surface area contributed by atoms with Crippen LogP contribution in [-0.2, 0) is 26.0 Å². The Morgan fingerprint density at radius 1 is 1.08 bits per heavy atom. The second-order valence-electron chi connectivity index (χ2n) is 5.65. The summed E-state index contributed by atoms with van der Waals surface area (Å²) in [6, 6.07) is 14.0. The Bertz CT molecular complexity index is 831. The van der Waals surface area contributed by atoms with Crippen LogP contribution < -0.4 is 9.46 Å². The molecule has 0 saturated carbocycles. The Morgan fingerprint density at radius 3 is 2.42 bits per heavy atom. The van der Waals surface area contributed by atoms with Gasteiger partial charge in [0.1, 0.15) is 5.75 Å². The van der Waals surface area contributed by atoms with Gasteiger partial charge < -0.3 is 9.47 Å². The summed E-state index contributed by atoms with van der Waals surface area (Å²) in [5.41, 5.74) is 1.67. The number of sulfonamides is 1. The molecule has 1 N–H and O–H groups in total. The number of aryl methyl sites for hydroxylation is 1. The van der Waals surface area contributed by atoms with E-state index in [0.717, 1.165) is 5.56 Å². The van der Waals surface area contributed by atoms with E-state index in [1.54, 1.807) is 50.2 Å². The smallest absolute Gasteiger partial charge is 0.344 e. The van der Waals surface area contributed by atoms with E-state index in [2.05, 4.69) is 4.72 Å². The average Bonchev–Trinajstić information content (AvgIpc) is 2.61. The van der Waals surface area contributed by atoms with Crippen molar-refractivity contribution in [3.05, 3.63) is 59.7 Å². The molecule has 0 fully saturated rings. The lowest BCUT2D eigenvalue weighted by molar-refractivity contribution is -0.145. The summed E-state index contributed by atoms with van der Waals surface area (Å²) in [6.07, 6.45) is 0.545. The third kappa shape index (κ3) is 5.86. The molecular formula is C19H23NO5S. The highest BCUT2D eigenvalue weighted by molar-refractivity contribution is 7.89. The van der Waals surface area contributed by atoms with Gasteiger partial charge in [-0.05, 0) is 49.6 Å². The van der Waals surface area contributed by atoms with Crippen LogP contribution in [0.1, 0.15) is 18.1 Å². The number of esters is 1. The number of nitrogens with one attached hydrogen (secondary N) is 1. The molecule has 0 aliphatic rings. The van der Waals surface area contributed by atoms with Gasteiger partial charge in [-0.2, -0.15) is 0 Å². The van der Waals surface area contributed by atoms with Gasteiger partial charge in [0.05, 0.1) is 11.5 Å². The van der Waals surface area contributed by atoms with Crippen molar-refractivity contribution in [2.24, 2.45) is 0 Å². The molecular weight excluding hydrogens is 354 g/mol. The Labute approximate surface area is 154 Å². The van der Waals surface area contributed by atoms with Crippen LogP contribution in [0.2, 0.25) is 0 Å². The summed E-state index contributed by atoms with van der Waals surface area (Å²) in [4.78, 5) is 11.5. The summed E-state index contributed by atoms with van der Waals surface area (Å²) in [5.74, 6) is 0.143. The van der Waals surface area contributed by atoms with Crippen molar-refractivity contribution in [2.75, 3.05) is 19.8 Å². The van der Waals surface area contributed by atoms with Crippen molar-refractivity contribution >= 4 is 16.0 Å². The van der Waals surface area contributed by atoms with Crippen molar-refractivity contribution in [3.8, 4) is 5.75 Å². The van der Waals surface area contributed by atoms with E-state index in [0.29, 0.717) is 35.8 Å². The Hall–Kier alpha value is -2.38. The highest BCUT2D eigenvalue weighted by Gasteiger charge is 2.15. The quantitative estimate of drug-likeness (QED) is 0.679. The fraction of sp³-hybridized carbons (Fsp3) is 0.316. The van der Waals surface area contributed by atoms with E-state index >= 15 is 0 Å². The van der Waals surface area contributed by atoms with E-state index in [4.69, 9.17) is 9.47 Å². The molecule has 0 atom stereocenters. The van der Waals surface area contributed by atoms with Crippen molar-refractivity contribution in [1.82, 2.24) is 4.72 Å². The van der Waals surface area contributed by atoms with Crippen molar-refractivity contribution in [2.45, 2.75) is 25.2 Å². The van der Waals surface area contributed by atoms with Crippen LogP contribution in [0.3, 0.4) is 0 Å². The molecule has 26 heavy (non-hydrogen) atoms. The number of rotatable bonds is 9. The zero-order valence-corrected chi connectivity index (χ0v) is 15.7. The first kappa shape index (κ1) is 19.9. The molecule has 0 amide bonds. The molecule has 0 saturated heterocycles. The van der Waals surface area contributed by atoms with Gasteiger partial charge in [0.2, 0.25) is 10.0 Å². The van der Waals surface area contributed by atoms with Crippen LogP contribution in [0.25, 0.3) is 0 Å². The molecule has 6 nitrogen and oxygen atoms in total. The number of hydrogen-bond donors (Lipinski definition) is 1. The molecule has 140 valence electrons. The first-order valence-corrected chi connectivity index (χ1v) is 9.83. The summed E-state index contributed by atoms with van der Waals surface area (Å²) in [6.45, 7) is 3.98. The van der Waals surface area contributed by atoms with Gasteiger partial charge in [-0.1, -0.05) is 30.3 Å². The second-order valence-corrected chi connectivity index (χ2v) is 7.39. The van der Waals surface area contributed by atoms with Gasteiger partial charge in [0, 0.05) is 6.54 Å². The molecule has 0 aliphatic carbocycles. The maximum Gasteiger partial charge on any atom is 0.344 e. The van der Waals surface area contributed by atoms with Crippen molar-refractivity contribution in [1.29, 1.82) is 0 Å². The minimum absolute atomic E-state index is 0.136. The van der Waals surface area contributed by atoms with Gasteiger partial charge in [-0.25, -0.2) is 17.9 Å². The van der Waals surface area contributed by atoms with Crippen molar-refractivity contribution < 1.29 is 22.7 Å². The topological polar surface area (TPSA) is 81.7 Å².